The zero-order valence-corrected chi connectivity index (χ0v) is 13.9. The lowest BCUT2D eigenvalue weighted by atomic mass is 10.0. The van der Waals surface area contributed by atoms with Crippen LogP contribution in [-0.4, -0.2) is 40.4 Å². The lowest BCUT2D eigenvalue weighted by Crippen LogP contribution is -2.50. The normalized spacial score (nSPS) is 18.1. The summed E-state index contributed by atoms with van der Waals surface area (Å²) in [5.74, 6) is 0.867. The molecule has 0 aliphatic carbocycles. The Hall–Kier alpha value is -2.43. The van der Waals surface area contributed by atoms with Crippen LogP contribution in [0.1, 0.15) is 29.9 Å². The predicted octanol–water partition coefficient (Wildman–Crippen LogP) is 2.50. The van der Waals surface area contributed by atoms with Gasteiger partial charge in [-0.05, 0) is 25.5 Å². The summed E-state index contributed by atoms with van der Waals surface area (Å²) < 4.78 is 0. The molecule has 0 spiro atoms. The number of hydrogen-bond donors (Lipinski definition) is 0. The Kier molecular flexibility index (Phi) is 4.28. The van der Waals surface area contributed by atoms with Crippen molar-refractivity contribution in [2.45, 2.75) is 26.8 Å². The van der Waals surface area contributed by atoms with Crippen molar-refractivity contribution in [2.24, 2.45) is 0 Å². The summed E-state index contributed by atoms with van der Waals surface area (Å²) in [6.07, 6.45) is 0. The molecule has 0 radical (unpaired) electrons. The minimum Gasteiger partial charge on any atom is -0.337 e. The Morgan fingerprint density at radius 1 is 1.09 bits per heavy atom. The second kappa shape index (κ2) is 6.36. The quantitative estimate of drug-likeness (QED) is 0.855. The van der Waals surface area contributed by atoms with Gasteiger partial charge in [-0.1, -0.05) is 30.3 Å². The number of piperazine rings is 1. The van der Waals surface area contributed by atoms with Gasteiger partial charge < -0.3 is 9.80 Å². The van der Waals surface area contributed by atoms with E-state index in [1.54, 1.807) is 6.92 Å². The third-order valence-corrected chi connectivity index (χ3v) is 4.22. The standard InChI is InChI=1S/C18H22N4O/c1-13-11-14(2)20-18(19-13)21-9-10-22(15(3)23)17(12-21)16-7-5-4-6-8-16/h4-8,11,17H,9-10,12H2,1-3H3/t17-/m0/s1. The maximum atomic E-state index is 12.0. The van der Waals surface area contributed by atoms with E-state index < -0.39 is 0 Å². The van der Waals surface area contributed by atoms with E-state index in [1.807, 2.05) is 43.0 Å². The first-order chi connectivity index (χ1) is 11.0. The molecule has 23 heavy (non-hydrogen) atoms. The highest BCUT2D eigenvalue weighted by Crippen LogP contribution is 2.27. The number of carbonyl (C=O) groups is 1. The molecule has 2 heterocycles. The van der Waals surface area contributed by atoms with Crippen LogP contribution in [0.25, 0.3) is 0 Å². The maximum Gasteiger partial charge on any atom is 0.225 e. The molecule has 1 aliphatic heterocycles. The average molecular weight is 310 g/mol. The van der Waals surface area contributed by atoms with Crippen LogP contribution < -0.4 is 4.90 Å². The van der Waals surface area contributed by atoms with E-state index in [0.717, 1.165) is 29.4 Å². The summed E-state index contributed by atoms with van der Waals surface area (Å²) in [4.78, 5) is 25.3. The summed E-state index contributed by atoms with van der Waals surface area (Å²) in [5, 5.41) is 0. The van der Waals surface area contributed by atoms with Crippen LogP contribution in [0.2, 0.25) is 0 Å². The Morgan fingerprint density at radius 3 is 2.35 bits per heavy atom. The number of anilines is 1. The van der Waals surface area contributed by atoms with E-state index >= 15 is 0 Å². The number of rotatable bonds is 2. The minimum absolute atomic E-state index is 0.0341. The Balaban J connectivity index is 1.90. The molecule has 0 bridgehead atoms. The van der Waals surface area contributed by atoms with Crippen molar-refractivity contribution < 1.29 is 4.79 Å². The van der Waals surface area contributed by atoms with Gasteiger partial charge in [0.15, 0.2) is 0 Å². The second-order valence-corrected chi connectivity index (χ2v) is 6.04. The van der Waals surface area contributed by atoms with Crippen molar-refractivity contribution in [1.29, 1.82) is 0 Å². The van der Waals surface area contributed by atoms with E-state index in [1.165, 1.54) is 0 Å². The highest BCUT2D eigenvalue weighted by atomic mass is 16.2. The molecule has 3 rings (SSSR count). The molecule has 1 saturated heterocycles. The first-order valence-electron chi connectivity index (χ1n) is 7.94. The van der Waals surface area contributed by atoms with Gasteiger partial charge in [0.25, 0.3) is 0 Å². The Bertz CT molecular complexity index is 681. The molecule has 1 amide bonds. The molecular formula is C18H22N4O. The third-order valence-electron chi connectivity index (χ3n) is 4.22. The van der Waals surface area contributed by atoms with Gasteiger partial charge in [-0.2, -0.15) is 0 Å². The van der Waals surface area contributed by atoms with Crippen molar-refractivity contribution >= 4 is 11.9 Å². The lowest BCUT2D eigenvalue weighted by molar-refractivity contribution is -0.131. The van der Waals surface area contributed by atoms with E-state index in [4.69, 9.17) is 0 Å². The summed E-state index contributed by atoms with van der Waals surface area (Å²) in [5.41, 5.74) is 3.09. The monoisotopic (exact) mass is 310 g/mol. The van der Waals surface area contributed by atoms with Crippen molar-refractivity contribution in [3.8, 4) is 0 Å². The number of aryl methyl sites for hydroxylation is 2. The molecule has 0 saturated carbocycles. The number of hydrogen-bond acceptors (Lipinski definition) is 4. The van der Waals surface area contributed by atoms with Crippen LogP contribution in [0, 0.1) is 13.8 Å². The molecule has 1 fully saturated rings. The summed E-state index contributed by atoms with van der Waals surface area (Å²) >= 11 is 0. The van der Waals surface area contributed by atoms with Crippen LogP contribution >= 0.6 is 0 Å². The number of amides is 1. The molecule has 1 aliphatic rings. The van der Waals surface area contributed by atoms with Crippen molar-refractivity contribution in [2.75, 3.05) is 24.5 Å². The van der Waals surface area contributed by atoms with E-state index in [9.17, 15) is 4.79 Å². The first-order valence-corrected chi connectivity index (χ1v) is 7.94. The van der Waals surface area contributed by atoms with Gasteiger partial charge in [0.2, 0.25) is 11.9 Å². The molecule has 1 aromatic heterocycles. The number of benzene rings is 1. The summed E-state index contributed by atoms with van der Waals surface area (Å²) in [6, 6.07) is 12.2. The van der Waals surface area contributed by atoms with Crippen LogP contribution in [0.4, 0.5) is 5.95 Å². The summed E-state index contributed by atoms with van der Waals surface area (Å²) in [7, 11) is 0. The molecule has 0 unspecified atom stereocenters. The topological polar surface area (TPSA) is 49.3 Å². The predicted molar refractivity (Wildman–Crippen MR) is 90.3 cm³/mol. The van der Waals surface area contributed by atoms with Crippen LogP contribution in [-0.2, 0) is 4.79 Å². The van der Waals surface area contributed by atoms with Crippen LogP contribution in [0.3, 0.4) is 0 Å². The van der Waals surface area contributed by atoms with E-state index in [-0.39, 0.29) is 11.9 Å². The minimum atomic E-state index is 0.0341. The molecule has 1 atom stereocenters. The molecule has 5 nitrogen and oxygen atoms in total. The molecular weight excluding hydrogens is 288 g/mol. The number of aromatic nitrogens is 2. The Morgan fingerprint density at radius 2 is 1.74 bits per heavy atom. The zero-order valence-electron chi connectivity index (χ0n) is 13.9. The number of carbonyl (C=O) groups excluding carboxylic acids is 1. The van der Waals surface area contributed by atoms with Crippen molar-refractivity contribution in [1.82, 2.24) is 14.9 Å². The van der Waals surface area contributed by atoms with Gasteiger partial charge in [0.1, 0.15) is 0 Å². The fraction of sp³-hybridized carbons (Fsp3) is 0.389. The molecule has 5 heteroatoms. The van der Waals surface area contributed by atoms with Crippen LogP contribution in [0.5, 0.6) is 0 Å². The van der Waals surface area contributed by atoms with Crippen molar-refractivity contribution in [3.05, 3.63) is 53.3 Å². The highest BCUT2D eigenvalue weighted by molar-refractivity contribution is 5.74. The van der Waals surface area contributed by atoms with E-state index in [0.29, 0.717) is 13.1 Å². The van der Waals surface area contributed by atoms with Gasteiger partial charge in [0.05, 0.1) is 6.04 Å². The maximum absolute atomic E-state index is 12.0. The molecule has 2 aromatic rings. The fourth-order valence-corrected chi connectivity index (χ4v) is 3.15. The molecule has 0 N–H and O–H groups in total. The first kappa shape index (κ1) is 15.5. The highest BCUT2D eigenvalue weighted by Gasteiger charge is 2.31. The average Bonchev–Trinajstić information content (AvgIpc) is 2.54. The lowest BCUT2D eigenvalue weighted by Gasteiger charge is -2.41. The van der Waals surface area contributed by atoms with Gasteiger partial charge in [-0.3, -0.25) is 4.79 Å². The third kappa shape index (κ3) is 3.33. The Labute approximate surface area is 137 Å². The number of nitrogens with zero attached hydrogens (tertiary/aromatic N) is 4. The molecule has 1 aromatic carbocycles. The van der Waals surface area contributed by atoms with Crippen molar-refractivity contribution in [3.63, 3.8) is 0 Å². The molecule has 120 valence electrons. The van der Waals surface area contributed by atoms with E-state index in [2.05, 4.69) is 27.0 Å². The van der Waals surface area contributed by atoms with Gasteiger partial charge in [-0.15, -0.1) is 0 Å². The fourth-order valence-electron chi connectivity index (χ4n) is 3.15. The zero-order chi connectivity index (χ0) is 16.4. The SMILES string of the molecule is CC(=O)N1CCN(c2nc(C)cc(C)n2)C[C@H]1c1ccccc1. The second-order valence-electron chi connectivity index (χ2n) is 6.04. The van der Waals surface area contributed by atoms with Gasteiger partial charge in [0, 0.05) is 37.9 Å². The summed E-state index contributed by atoms with van der Waals surface area (Å²) in [6.45, 7) is 7.76. The smallest absolute Gasteiger partial charge is 0.225 e. The van der Waals surface area contributed by atoms with Crippen LogP contribution in [0.15, 0.2) is 36.4 Å². The van der Waals surface area contributed by atoms with Gasteiger partial charge >= 0.3 is 0 Å². The largest absolute Gasteiger partial charge is 0.337 e. The van der Waals surface area contributed by atoms with Gasteiger partial charge in [-0.25, -0.2) is 9.97 Å².